The number of nitrogens with zero attached hydrogens (tertiary/aromatic N) is 1. The lowest BCUT2D eigenvalue weighted by atomic mass is 10.0. The van der Waals surface area contributed by atoms with Crippen molar-refractivity contribution < 1.29 is 19.5 Å². The van der Waals surface area contributed by atoms with Crippen molar-refractivity contribution in [1.29, 1.82) is 0 Å². The van der Waals surface area contributed by atoms with E-state index in [-0.39, 0.29) is 18.9 Å². The molecule has 6 heteroatoms. The predicted molar refractivity (Wildman–Crippen MR) is 82.3 cm³/mol. The highest BCUT2D eigenvalue weighted by molar-refractivity contribution is 5.87. The second-order valence-electron chi connectivity index (χ2n) is 5.08. The molecule has 0 aromatic heterocycles. The molecule has 6 nitrogen and oxygen atoms in total. The van der Waals surface area contributed by atoms with E-state index < -0.39 is 17.9 Å². The molecular weight excluding hydrogens is 284 g/mol. The summed E-state index contributed by atoms with van der Waals surface area (Å²) in [5.41, 5.74) is 0.838. The van der Waals surface area contributed by atoms with Crippen LogP contribution in [0.25, 0.3) is 0 Å². The Balaban J connectivity index is 2.64. The van der Waals surface area contributed by atoms with Crippen LogP contribution in [-0.2, 0) is 20.8 Å². The van der Waals surface area contributed by atoms with Gasteiger partial charge in [-0.25, -0.2) is 4.79 Å². The molecule has 0 saturated carbocycles. The van der Waals surface area contributed by atoms with Gasteiger partial charge in [-0.15, -0.1) is 0 Å². The van der Waals surface area contributed by atoms with E-state index >= 15 is 0 Å². The topological polar surface area (TPSA) is 86.7 Å². The van der Waals surface area contributed by atoms with Gasteiger partial charge in [-0.05, 0) is 12.0 Å². The third-order valence-corrected chi connectivity index (χ3v) is 3.33. The fraction of sp³-hybridized carbons (Fsp3) is 0.438. The smallest absolute Gasteiger partial charge is 0.326 e. The van der Waals surface area contributed by atoms with E-state index in [4.69, 9.17) is 0 Å². The van der Waals surface area contributed by atoms with Crippen LogP contribution in [0.3, 0.4) is 0 Å². The van der Waals surface area contributed by atoms with Crippen LogP contribution in [0.5, 0.6) is 0 Å². The van der Waals surface area contributed by atoms with Crippen molar-refractivity contribution in [2.45, 2.75) is 32.2 Å². The Kier molecular flexibility index (Phi) is 7.08. The molecule has 2 N–H and O–H groups in total. The van der Waals surface area contributed by atoms with Crippen LogP contribution in [0.4, 0.5) is 0 Å². The van der Waals surface area contributed by atoms with Crippen molar-refractivity contribution >= 4 is 17.8 Å². The summed E-state index contributed by atoms with van der Waals surface area (Å²) in [4.78, 5) is 36.0. The number of hydrogen-bond acceptors (Lipinski definition) is 3. The minimum absolute atomic E-state index is 0.187. The first kappa shape index (κ1) is 17.7. The molecule has 0 spiro atoms. The molecule has 0 aliphatic carbocycles. The highest BCUT2D eigenvalue weighted by Gasteiger charge is 2.26. The molecule has 120 valence electrons. The van der Waals surface area contributed by atoms with E-state index in [2.05, 4.69) is 5.32 Å². The summed E-state index contributed by atoms with van der Waals surface area (Å²) in [6.07, 6.45) is 1.27. The normalized spacial score (nSPS) is 11.5. The van der Waals surface area contributed by atoms with Crippen LogP contribution in [-0.4, -0.2) is 47.4 Å². The summed E-state index contributed by atoms with van der Waals surface area (Å²) in [7, 11) is 1.44. The Labute approximate surface area is 130 Å². The van der Waals surface area contributed by atoms with E-state index in [9.17, 15) is 19.5 Å². The maximum Gasteiger partial charge on any atom is 0.326 e. The first-order valence-electron chi connectivity index (χ1n) is 7.24. The molecule has 1 rings (SSSR count). The van der Waals surface area contributed by atoms with E-state index in [1.807, 2.05) is 37.3 Å². The fourth-order valence-electron chi connectivity index (χ4n) is 2.02. The van der Waals surface area contributed by atoms with Gasteiger partial charge in [0.25, 0.3) is 0 Å². The minimum Gasteiger partial charge on any atom is -0.480 e. The molecule has 0 radical (unpaired) electrons. The summed E-state index contributed by atoms with van der Waals surface area (Å²) in [5, 5.41) is 11.8. The van der Waals surface area contributed by atoms with Gasteiger partial charge in [-0.2, -0.15) is 0 Å². The van der Waals surface area contributed by atoms with Gasteiger partial charge in [0.05, 0.1) is 6.54 Å². The molecule has 1 aromatic carbocycles. The number of hydrogen-bond donors (Lipinski definition) is 2. The average Bonchev–Trinajstić information content (AvgIpc) is 2.50. The van der Waals surface area contributed by atoms with Crippen molar-refractivity contribution in [2.75, 3.05) is 13.6 Å². The molecule has 0 aliphatic rings. The number of amides is 2. The molecule has 0 saturated heterocycles. The molecular formula is C16H22N2O4. The third kappa shape index (κ3) is 5.55. The van der Waals surface area contributed by atoms with E-state index in [0.717, 1.165) is 5.56 Å². The lowest BCUT2D eigenvalue weighted by molar-refractivity contribution is -0.148. The van der Waals surface area contributed by atoms with Crippen molar-refractivity contribution in [2.24, 2.45) is 0 Å². The molecule has 0 bridgehead atoms. The van der Waals surface area contributed by atoms with Crippen LogP contribution >= 0.6 is 0 Å². The van der Waals surface area contributed by atoms with Crippen LogP contribution in [0.1, 0.15) is 25.3 Å². The number of nitrogens with one attached hydrogen (secondary N) is 1. The summed E-state index contributed by atoms with van der Waals surface area (Å²) in [6, 6.07) is 8.16. The van der Waals surface area contributed by atoms with E-state index in [1.165, 1.54) is 11.9 Å². The van der Waals surface area contributed by atoms with Gasteiger partial charge in [-0.3, -0.25) is 9.59 Å². The predicted octanol–water partition coefficient (Wildman–Crippen LogP) is 1.06. The maximum atomic E-state index is 12.0. The number of likely N-dealkylation sites (N-methyl/N-ethyl adjacent to an activating group) is 1. The van der Waals surface area contributed by atoms with Crippen molar-refractivity contribution in [1.82, 2.24) is 10.2 Å². The largest absolute Gasteiger partial charge is 0.480 e. The van der Waals surface area contributed by atoms with Gasteiger partial charge in [0.1, 0.15) is 6.04 Å². The summed E-state index contributed by atoms with van der Waals surface area (Å²) in [5.74, 6) is -1.70. The number of carboxylic acid groups (broad SMARTS) is 1. The lowest BCUT2D eigenvalue weighted by Gasteiger charge is -2.25. The zero-order valence-corrected chi connectivity index (χ0v) is 12.9. The second-order valence-corrected chi connectivity index (χ2v) is 5.08. The molecule has 2 amide bonds. The number of carboxylic acids is 1. The number of benzene rings is 1. The molecule has 1 atom stereocenters. The van der Waals surface area contributed by atoms with Crippen molar-refractivity contribution in [3.8, 4) is 0 Å². The molecule has 0 aliphatic heterocycles. The molecule has 1 unspecified atom stereocenters. The number of aliphatic carboxylic acids is 1. The Morgan fingerprint density at radius 1 is 1.23 bits per heavy atom. The van der Waals surface area contributed by atoms with Crippen LogP contribution < -0.4 is 5.32 Å². The van der Waals surface area contributed by atoms with Gasteiger partial charge in [0.2, 0.25) is 11.8 Å². The van der Waals surface area contributed by atoms with Gasteiger partial charge >= 0.3 is 5.97 Å². The van der Waals surface area contributed by atoms with Gasteiger partial charge in [-0.1, -0.05) is 37.3 Å². The SMILES string of the molecule is CCCC(=O)NCC(=O)N(C)C(Cc1ccccc1)C(=O)O. The Morgan fingerprint density at radius 3 is 2.41 bits per heavy atom. The Hall–Kier alpha value is -2.37. The number of rotatable bonds is 8. The van der Waals surface area contributed by atoms with Gasteiger partial charge < -0.3 is 15.3 Å². The molecule has 0 heterocycles. The first-order chi connectivity index (χ1) is 10.5. The average molecular weight is 306 g/mol. The monoisotopic (exact) mass is 306 g/mol. The zero-order valence-electron chi connectivity index (χ0n) is 12.9. The number of carbonyl (C=O) groups is 3. The fourth-order valence-corrected chi connectivity index (χ4v) is 2.02. The highest BCUT2D eigenvalue weighted by Crippen LogP contribution is 2.08. The lowest BCUT2D eigenvalue weighted by Crippen LogP contribution is -2.47. The number of carbonyl (C=O) groups excluding carboxylic acids is 2. The summed E-state index contributed by atoms with van der Waals surface area (Å²) < 4.78 is 0. The summed E-state index contributed by atoms with van der Waals surface area (Å²) in [6.45, 7) is 1.68. The second kappa shape index (κ2) is 8.81. The van der Waals surface area contributed by atoms with Crippen LogP contribution in [0.15, 0.2) is 30.3 Å². The van der Waals surface area contributed by atoms with Crippen LogP contribution in [0, 0.1) is 0 Å². The van der Waals surface area contributed by atoms with Gasteiger partial charge in [0.15, 0.2) is 0 Å². The highest BCUT2D eigenvalue weighted by atomic mass is 16.4. The quantitative estimate of drug-likeness (QED) is 0.752. The maximum absolute atomic E-state index is 12.0. The minimum atomic E-state index is -1.07. The standard InChI is InChI=1S/C16H22N2O4/c1-3-7-14(19)17-11-15(20)18(2)13(16(21)22)10-12-8-5-4-6-9-12/h4-6,8-9,13H,3,7,10-11H2,1-2H3,(H,17,19)(H,21,22). The Morgan fingerprint density at radius 2 is 1.86 bits per heavy atom. The van der Waals surface area contributed by atoms with Crippen LogP contribution in [0.2, 0.25) is 0 Å². The van der Waals surface area contributed by atoms with Gasteiger partial charge in [0, 0.05) is 19.9 Å². The van der Waals surface area contributed by atoms with E-state index in [0.29, 0.717) is 12.8 Å². The van der Waals surface area contributed by atoms with Crippen molar-refractivity contribution in [3.05, 3.63) is 35.9 Å². The van der Waals surface area contributed by atoms with E-state index in [1.54, 1.807) is 0 Å². The van der Waals surface area contributed by atoms with Crippen molar-refractivity contribution in [3.63, 3.8) is 0 Å². The summed E-state index contributed by atoms with van der Waals surface area (Å²) >= 11 is 0. The molecule has 0 fully saturated rings. The third-order valence-electron chi connectivity index (χ3n) is 3.33. The molecule has 22 heavy (non-hydrogen) atoms. The zero-order chi connectivity index (χ0) is 16.5. The first-order valence-corrected chi connectivity index (χ1v) is 7.24. The molecule has 1 aromatic rings. The Bertz CT molecular complexity index is 516.